The first-order valence-corrected chi connectivity index (χ1v) is 7.24. The third-order valence-electron chi connectivity index (χ3n) is 6.32. The van der Waals surface area contributed by atoms with E-state index in [2.05, 4.69) is 20.8 Å². The summed E-state index contributed by atoms with van der Waals surface area (Å²) >= 11 is 0. The maximum Gasteiger partial charge on any atom is 0.333 e. The molecule has 2 bridgehead atoms. The average molecular weight is 252 g/mol. The summed E-state index contributed by atoms with van der Waals surface area (Å²) < 4.78 is 6.07. The lowest BCUT2D eigenvalue weighted by Crippen LogP contribution is -2.41. The Morgan fingerprint density at radius 3 is 2.33 bits per heavy atom. The van der Waals surface area contributed by atoms with Crippen molar-refractivity contribution in [3.63, 3.8) is 0 Å². The van der Waals surface area contributed by atoms with Gasteiger partial charge in [0, 0.05) is 0 Å². The van der Waals surface area contributed by atoms with Crippen molar-refractivity contribution in [2.24, 2.45) is 22.7 Å². The van der Waals surface area contributed by atoms with Crippen LogP contribution < -0.4 is 0 Å². The van der Waals surface area contributed by atoms with Gasteiger partial charge in [-0.1, -0.05) is 20.8 Å². The molecule has 0 aromatic rings. The van der Waals surface area contributed by atoms with Crippen LogP contribution in [-0.2, 0) is 9.53 Å². The predicted molar refractivity (Wildman–Crippen MR) is 68.2 cm³/mol. The highest BCUT2D eigenvalue weighted by Gasteiger charge is 2.62. The minimum absolute atomic E-state index is 0.146. The topological polar surface area (TPSA) is 46.5 Å². The van der Waals surface area contributed by atoms with Crippen LogP contribution >= 0.6 is 0 Å². The predicted octanol–water partition coefficient (Wildman–Crippen LogP) is 3.08. The summed E-state index contributed by atoms with van der Waals surface area (Å²) in [4.78, 5) is 11.3. The van der Waals surface area contributed by atoms with Gasteiger partial charge in [0.25, 0.3) is 0 Å². The minimum Gasteiger partial charge on any atom is -0.479 e. The Morgan fingerprint density at radius 1 is 1.28 bits per heavy atom. The molecular formula is C15H24O3. The van der Waals surface area contributed by atoms with Crippen LogP contribution in [0.3, 0.4) is 0 Å². The fourth-order valence-corrected chi connectivity index (χ4v) is 4.28. The molecule has 0 heterocycles. The van der Waals surface area contributed by atoms with Gasteiger partial charge in [0.2, 0.25) is 0 Å². The molecule has 3 aliphatic carbocycles. The van der Waals surface area contributed by atoms with Crippen molar-refractivity contribution < 1.29 is 14.6 Å². The maximum absolute atomic E-state index is 11.3. The molecule has 4 unspecified atom stereocenters. The van der Waals surface area contributed by atoms with Crippen LogP contribution in [0.4, 0.5) is 0 Å². The monoisotopic (exact) mass is 252 g/mol. The van der Waals surface area contributed by atoms with Crippen molar-refractivity contribution >= 4 is 5.97 Å². The number of hydrogen-bond donors (Lipinski definition) is 1. The number of aliphatic carboxylic acids is 1. The van der Waals surface area contributed by atoms with Crippen molar-refractivity contribution in [3.8, 4) is 0 Å². The molecular weight excluding hydrogens is 228 g/mol. The smallest absolute Gasteiger partial charge is 0.333 e. The summed E-state index contributed by atoms with van der Waals surface area (Å²) in [7, 11) is 0. The second-order valence-corrected chi connectivity index (χ2v) is 7.33. The van der Waals surface area contributed by atoms with Gasteiger partial charge < -0.3 is 9.84 Å². The van der Waals surface area contributed by atoms with Crippen molar-refractivity contribution in [1.29, 1.82) is 0 Å². The Balaban J connectivity index is 1.76. The van der Waals surface area contributed by atoms with E-state index in [0.717, 1.165) is 19.3 Å². The van der Waals surface area contributed by atoms with Crippen molar-refractivity contribution in [1.82, 2.24) is 0 Å². The lowest BCUT2D eigenvalue weighted by Gasteiger charge is -2.39. The zero-order chi connectivity index (χ0) is 13.1. The van der Waals surface area contributed by atoms with Crippen LogP contribution in [0.25, 0.3) is 0 Å². The molecule has 0 spiro atoms. The largest absolute Gasteiger partial charge is 0.479 e. The minimum atomic E-state index is -0.762. The number of fused-ring (bicyclic) bond motifs is 2. The van der Waals surface area contributed by atoms with E-state index >= 15 is 0 Å². The van der Waals surface area contributed by atoms with Crippen molar-refractivity contribution in [3.05, 3.63) is 0 Å². The van der Waals surface area contributed by atoms with Gasteiger partial charge in [-0.25, -0.2) is 4.79 Å². The molecule has 0 aromatic carbocycles. The van der Waals surface area contributed by atoms with E-state index in [9.17, 15) is 9.90 Å². The third kappa shape index (κ3) is 1.56. The highest BCUT2D eigenvalue weighted by Crippen LogP contribution is 2.66. The quantitative estimate of drug-likeness (QED) is 0.836. The molecule has 3 saturated carbocycles. The zero-order valence-corrected chi connectivity index (χ0v) is 11.6. The van der Waals surface area contributed by atoms with Crippen LogP contribution in [0.15, 0.2) is 0 Å². The second kappa shape index (κ2) is 3.72. The number of carbonyl (C=O) groups is 1. The zero-order valence-electron chi connectivity index (χ0n) is 11.6. The first kappa shape index (κ1) is 12.5. The molecule has 3 fully saturated rings. The molecule has 0 amide bonds. The molecule has 3 heteroatoms. The third-order valence-corrected chi connectivity index (χ3v) is 6.32. The Bertz CT molecular complexity index is 372. The Labute approximate surface area is 109 Å². The van der Waals surface area contributed by atoms with Crippen LogP contribution in [0.1, 0.15) is 52.9 Å². The second-order valence-electron chi connectivity index (χ2n) is 7.33. The molecule has 0 radical (unpaired) electrons. The molecule has 18 heavy (non-hydrogen) atoms. The first-order valence-electron chi connectivity index (χ1n) is 7.24. The lowest BCUT2D eigenvalue weighted by atomic mass is 9.70. The maximum atomic E-state index is 11.3. The molecule has 0 aliphatic heterocycles. The van der Waals surface area contributed by atoms with Gasteiger partial charge in [0.1, 0.15) is 0 Å². The van der Waals surface area contributed by atoms with Crippen LogP contribution in [-0.4, -0.2) is 23.3 Å². The summed E-state index contributed by atoms with van der Waals surface area (Å²) in [5, 5.41) is 9.30. The van der Waals surface area contributed by atoms with Gasteiger partial charge >= 0.3 is 5.97 Å². The van der Waals surface area contributed by atoms with Crippen molar-refractivity contribution in [2.75, 3.05) is 0 Å². The van der Waals surface area contributed by atoms with Crippen molar-refractivity contribution in [2.45, 2.75) is 65.1 Å². The number of carboxylic acids is 1. The fourth-order valence-electron chi connectivity index (χ4n) is 4.28. The molecule has 3 nitrogen and oxygen atoms in total. The summed E-state index contributed by atoms with van der Waals surface area (Å²) in [5.41, 5.74) is 0.463. The first-order chi connectivity index (χ1) is 8.36. The van der Waals surface area contributed by atoms with Gasteiger partial charge in [-0.05, 0) is 54.8 Å². The Morgan fingerprint density at radius 2 is 1.94 bits per heavy atom. The molecule has 3 rings (SSSR count). The van der Waals surface area contributed by atoms with Gasteiger partial charge in [0.15, 0.2) is 6.10 Å². The number of ether oxygens (including phenoxy) is 1. The van der Waals surface area contributed by atoms with E-state index < -0.39 is 12.1 Å². The normalized spacial score (nSPS) is 43.1. The van der Waals surface area contributed by atoms with E-state index in [0.29, 0.717) is 11.3 Å². The summed E-state index contributed by atoms with van der Waals surface area (Å²) in [5.74, 6) is 0.219. The van der Waals surface area contributed by atoms with Gasteiger partial charge in [-0.2, -0.15) is 0 Å². The van der Waals surface area contributed by atoms with Gasteiger partial charge in [0.05, 0.1) is 6.10 Å². The summed E-state index contributed by atoms with van der Waals surface area (Å²) in [6.45, 7) is 6.97. The van der Waals surface area contributed by atoms with Crippen LogP contribution in [0, 0.1) is 22.7 Å². The van der Waals surface area contributed by atoms with E-state index in [1.807, 2.05) is 0 Å². The number of rotatable bonds is 4. The van der Waals surface area contributed by atoms with E-state index in [1.54, 1.807) is 0 Å². The summed E-state index contributed by atoms with van der Waals surface area (Å²) in [6.07, 6.45) is 5.16. The highest BCUT2D eigenvalue weighted by atomic mass is 16.5. The van der Waals surface area contributed by atoms with Gasteiger partial charge in [-0.3, -0.25) is 0 Å². The standard InChI is InChI=1S/C15H24O3/c1-14(2)10-6-7-15(14,3)11(8-10)18-12(13(16)17)9-4-5-9/h9-12H,4-8H2,1-3H3,(H,16,17). The average Bonchev–Trinajstić information content (AvgIpc) is 3.05. The molecule has 1 N–H and O–H groups in total. The highest BCUT2D eigenvalue weighted by molar-refractivity contribution is 5.73. The molecule has 0 aromatic heterocycles. The molecule has 4 atom stereocenters. The van der Waals surface area contributed by atoms with Gasteiger partial charge in [-0.15, -0.1) is 0 Å². The molecule has 102 valence electrons. The lowest BCUT2D eigenvalue weighted by molar-refractivity contribution is -0.163. The molecule has 0 saturated heterocycles. The van der Waals surface area contributed by atoms with Crippen LogP contribution in [0.2, 0.25) is 0 Å². The van der Waals surface area contributed by atoms with E-state index in [1.165, 1.54) is 12.8 Å². The van der Waals surface area contributed by atoms with Crippen LogP contribution in [0.5, 0.6) is 0 Å². The fraction of sp³-hybridized carbons (Fsp3) is 0.933. The van der Waals surface area contributed by atoms with E-state index in [-0.39, 0.29) is 17.4 Å². The SMILES string of the molecule is CC1(C)C2CCC1(C)C(OC(C(=O)O)C1CC1)C2. The Hall–Kier alpha value is -0.570. The number of hydrogen-bond acceptors (Lipinski definition) is 2. The summed E-state index contributed by atoms with van der Waals surface area (Å²) in [6, 6.07) is 0. The number of carboxylic acid groups (broad SMARTS) is 1. The van der Waals surface area contributed by atoms with E-state index in [4.69, 9.17) is 4.74 Å². The molecule has 3 aliphatic rings. The Kier molecular flexibility index (Phi) is 2.58.